The molecule has 1 aromatic rings. The molecule has 0 amide bonds. The van der Waals surface area contributed by atoms with Gasteiger partial charge in [0.2, 0.25) is 0 Å². The van der Waals surface area contributed by atoms with Crippen molar-refractivity contribution in [1.82, 2.24) is 0 Å². The molecule has 15 heavy (non-hydrogen) atoms. The van der Waals surface area contributed by atoms with E-state index < -0.39 is 0 Å². The fraction of sp³-hybridized carbons (Fsp3) is 0.111. The SMILES string of the molecule is NC1=NN=C(c2cc(O)ccc2O)CS1. The van der Waals surface area contributed by atoms with Crippen LogP contribution in [-0.4, -0.2) is 26.8 Å². The zero-order valence-electron chi connectivity index (χ0n) is 7.71. The molecule has 0 aromatic heterocycles. The Morgan fingerprint density at radius 2 is 2.07 bits per heavy atom. The molecule has 0 radical (unpaired) electrons. The minimum absolute atomic E-state index is 0.0721. The Morgan fingerprint density at radius 1 is 1.27 bits per heavy atom. The highest BCUT2D eigenvalue weighted by Crippen LogP contribution is 2.25. The number of phenolic OH excluding ortho intramolecular Hbond substituents is 2. The minimum Gasteiger partial charge on any atom is -0.508 e. The van der Waals surface area contributed by atoms with Crippen LogP contribution in [0.3, 0.4) is 0 Å². The summed E-state index contributed by atoms with van der Waals surface area (Å²) >= 11 is 1.34. The first-order valence-electron chi connectivity index (χ1n) is 4.22. The smallest absolute Gasteiger partial charge is 0.180 e. The van der Waals surface area contributed by atoms with Gasteiger partial charge in [0.05, 0.1) is 5.71 Å². The molecule has 5 nitrogen and oxygen atoms in total. The van der Waals surface area contributed by atoms with Gasteiger partial charge in [-0.05, 0) is 18.2 Å². The molecular weight excluding hydrogens is 214 g/mol. The first-order valence-corrected chi connectivity index (χ1v) is 5.20. The number of thioether (sulfide) groups is 1. The zero-order chi connectivity index (χ0) is 10.8. The number of phenols is 2. The topological polar surface area (TPSA) is 91.2 Å². The van der Waals surface area contributed by atoms with E-state index >= 15 is 0 Å². The van der Waals surface area contributed by atoms with Crippen molar-refractivity contribution in [2.24, 2.45) is 15.9 Å². The highest BCUT2D eigenvalue weighted by atomic mass is 32.2. The molecule has 0 saturated carbocycles. The number of amidine groups is 1. The number of hydrogen-bond acceptors (Lipinski definition) is 6. The summed E-state index contributed by atoms with van der Waals surface area (Å²) < 4.78 is 0. The van der Waals surface area contributed by atoms with E-state index in [1.807, 2.05) is 0 Å². The van der Waals surface area contributed by atoms with E-state index in [2.05, 4.69) is 10.2 Å². The number of rotatable bonds is 1. The zero-order valence-corrected chi connectivity index (χ0v) is 8.53. The van der Waals surface area contributed by atoms with Gasteiger partial charge >= 0.3 is 0 Å². The van der Waals surface area contributed by atoms with Gasteiger partial charge in [0.25, 0.3) is 0 Å². The third-order valence-corrected chi connectivity index (χ3v) is 2.71. The van der Waals surface area contributed by atoms with Crippen LogP contribution in [0.15, 0.2) is 28.4 Å². The maximum absolute atomic E-state index is 9.57. The first-order chi connectivity index (χ1) is 7.16. The number of nitrogens with zero attached hydrogens (tertiary/aromatic N) is 2. The molecular formula is C9H9N3O2S. The van der Waals surface area contributed by atoms with Crippen LogP contribution in [-0.2, 0) is 0 Å². The van der Waals surface area contributed by atoms with Gasteiger partial charge in [0.1, 0.15) is 11.5 Å². The number of aromatic hydroxyl groups is 2. The summed E-state index contributed by atoms with van der Waals surface area (Å²) in [5.41, 5.74) is 6.52. The maximum atomic E-state index is 9.57. The van der Waals surface area contributed by atoms with Crippen LogP contribution in [0.4, 0.5) is 0 Å². The lowest BCUT2D eigenvalue weighted by Crippen LogP contribution is -2.16. The molecule has 0 fully saturated rings. The second-order valence-electron chi connectivity index (χ2n) is 2.98. The van der Waals surface area contributed by atoms with Crippen LogP contribution in [0, 0.1) is 0 Å². The standard InChI is InChI=1S/C9H9N3O2S/c10-9-12-11-7(4-15-9)6-3-5(13)1-2-8(6)14/h1-3,13-14H,4H2,(H2,10,12). The Bertz CT molecular complexity index is 457. The highest BCUT2D eigenvalue weighted by Gasteiger charge is 2.14. The molecule has 1 aliphatic heterocycles. The lowest BCUT2D eigenvalue weighted by atomic mass is 10.1. The average molecular weight is 223 g/mol. The minimum atomic E-state index is 0.0721. The molecule has 78 valence electrons. The molecule has 0 aliphatic carbocycles. The fourth-order valence-electron chi connectivity index (χ4n) is 1.20. The van der Waals surface area contributed by atoms with Crippen LogP contribution < -0.4 is 5.73 Å². The van der Waals surface area contributed by atoms with Gasteiger partial charge in [-0.3, -0.25) is 0 Å². The molecule has 0 spiro atoms. The molecule has 1 heterocycles. The van der Waals surface area contributed by atoms with Gasteiger partial charge in [-0.2, -0.15) is 5.10 Å². The summed E-state index contributed by atoms with van der Waals surface area (Å²) in [6.07, 6.45) is 0. The third-order valence-electron chi connectivity index (χ3n) is 1.92. The van der Waals surface area contributed by atoms with E-state index in [-0.39, 0.29) is 11.5 Å². The summed E-state index contributed by atoms with van der Waals surface area (Å²) in [5.74, 6) is 0.688. The van der Waals surface area contributed by atoms with Crippen LogP contribution >= 0.6 is 11.8 Å². The van der Waals surface area contributed by atoms with E-state index in [4.69, 9.17) is 5.73 Å². The summed E-state index contributed by atoms with van der Waals surface area (Å²) in [7, 11) is 0. The molecule has 4 N–H and O–H groups in total. The fourth-order valence-corrected chi connectivity index (χ4v) is 1.79. The normalized spacial score (nSPS) is 15.7. The molecule has 1 aromatic carbocycles. The molecule has 0 atom stereocenters. The van der Waals surface area contributed by atoms with Crippen molar-refractivity contribution < 1.29 is 10.2 Å². The summed E-state index contributed by atoms with van der Waals surface area (Å²) in [4.78, 5) is 0. The van der Waals surface area contributed by atoms with Gasteiger partial charge in [-0.15, -0.1) is 5.10 Å². The van der Waals surface area contributed by atoms with Crippen molar-refractivity contribution in [2.45, 2.75) is 0 Å². The van der Waals surface area contributed by atoms with Crippen LogP contribution in [0.5, 0.6) is 11.5 Å². The Hall–Kier alpha value is -1.69. The number of nitrogens with two attached hydrogens (primary N) is 1. The largest absolute Gasteiger partial charge is 0.508 e. The van der Waals surface area contributed by atoms with Crippen LogP contribution in [0.1, 0.15) is 5.56 Å². The molecule has 0 unspecified atom stereocenters. The second kappa shape index (κ2) is 3.82. The van der Waals surface area contributed by atoms with Gasteiger partial charge in [0, 0.05) is 11.3 Å². The van der Waals surface area contributed by atoms with Gasteiger partial charge < -0.3 is 15.9 Å². The van der Waals surface area contributed by atoms with Crippen molar-refractivity contribution in [3.8, 4) is 11.5 Å². The van der Waals surface area contributed by atoms with Crippen molar-refractivity contribution in [2.75, 3.05) is 5.75 Å². The Labute approximate surface area is 90.3 Å². The number of hydrogen-bond donors (Lipinski definition) is 3. The lowest BCUT2D eigenvalue weighted by molar-refractivity contribution is 0.459. The average Bonchev–Trinajstić information content (AvgIpc) is 2.23. The van der Waals surface area contributed by atoms with Gasteiger partial charge in [-0.25, -0.2) is 0 Å². The van der Waals surface area contributed by atoms with Crippen molar-refractivity contribution in [1.29, 1.82) is 0 Å². The predicted octanol–water partition coefficient (Wildman–Crippen LogP) is 0.863. The summed E-state index contributed by atoms with van der Waals surface area (Å²) in [5, 5.41) is 26.8. The maximum Gasteiger partial charge on any atom is 0.180 e. The summed E-state index contributed by atoms with van der Waals surface area (Å²) in [6, 6.07) is 4.28. The Kier molecular flexibility index (Phi) is 2.51. The third kappa shape index (κ3) is 2.04. The summed E-state index contributed by atoms with van der Waals surface area (Å²) in [6.45, 7) is 0. The van der Waals surface area contributed by atoms with Crippen molar-refractivity contribution >= 4 is 22.6 Å². The first kappa shape index (κ1) is 9.85. The predicted molar refractivity (Wildman–Crippen MR) is 60.4 cm³/mol. The Balaban J connectivity index is 2.42. The van der Waals surface area contributed by atoms with E-state index in [9.17, 15) is 10.2 Å². The van der Waals surface area contributed by atoms with E-state index in [1.165, 1.54) is 30.0 Å². The van der Waals surface area contributed by atoms with Gasteiger partial charge in [0.15, 0.2) is 5.17 Å². The number of benzene rings is 1. The molecule has 6 heteroatoms. The highest BCUT2D eigenvalue weighted by molar-refractivity contribution is 8.14. The van der Waals surface area contributed by atoms with E-state index in [1.54, 1.807) is 0 Å². The van der Waals surface area contributed by atoms with Crippen molar-refractivity contribution in [3.05, 3.63) is 23.8 Å². The molecule has 1 aliphatic rings. The quantitative estimate of drug-likeness (QED) is 0.616. The molecule has 0 saturated heterocycles. The monoisotopic (exact) mass is 223 g/mol. The molecule has 0 bridgehead atoms. The van der Waals surface area contributed by atoms with Crippen molar-refractivity contribution in [3.63, 3.8) is 0 Å². The van der Waals surface area contributed by atoms with E-state index in [0.29, 0.717) is 22.2 Å². The van der Waals surface area contributed by atoms with Gasteiger partial charge in [-0.1, -0.05) is 11.8 Å². The van der Waals surface area contributed by atoms with E-state index in [0.717, 1.165) is 0 Å². The Morgan fingerprint density at radius 3 is 2.73 bits per heavy atom. The second-order valence-corrected chi connectivity index (χ2v) is 3.97. The lowest BCUT2D eigenvalue weighted by Gasteiger charge is -2.10. The van der Waals surface area contributed by atoms with Crippen LogP contribution in [0.25, 0.3) is 0 Å². The molecule has 2 rings (SSSR count). The van der Waals surface area contributed by atoms with Crippen LogP contribution in [0.2, 0.25) is 0 Å².